The third kappa shape index (κ3) is 5.01. The molecule has 2 aromatic rings. The average Bonchev–Trinajstić information content (AvgIpc) is 2.44. The zero-order valence-corrected chi connectivity index (χ0v) is 15.0. The van der Waals surface area contributed by atoms with Crippen molar-refractivity contribution in [2.75, 3.05) is 5.75 Å². The number of aromatic nitrogens is 2. The average molecular weight is 369 g/mol. The Balaban J connectivity index is 2.31. The lowest BCUT2D eigenvalue weighted by Gasteiger charge is -2.19. The van der Waals surface area contributed by atoms with Gasteiger partial charge in [0.15, 0.2) is 5.16 Å². The summed E-state index contributed by atoms with van der Waals surface area (Å²) in [4.78, 5) is 28.0. The number of halogens is 1. The van der Waals surface area contributed by atoms with E-state index < -0.39 is 23.0 Å². The molecule has 0 bridgehead atoms. The highest BCUT2D eigenvalue weighted by Gasteiger charge is 2.18. The van der Waals surface area contributed by atoms with Gasteiger partial charge in [0.05, 0.1) is 17.5 Å². The third-order valence-electron chi connectivity index (χ3n) is 2.70. The number of benzene rings is 1. The lowest BCUT2D eigenvalue weighted by atomic mass is 10.2. The summed E-state index contributed by atoms with van der Waals surface area (Å²) in [6.45, 7) is 5.31. The Kier molecular flexibility index (Phi) is 5.56. The van der Waals surface area contributed by atoms with Crippen molar-refractivity contribution in [3.05, 3.63) is 45.7 Å². The van der Waals surface area contributed by atoms with E-state index in [0.717, 1.165) is 17.8 Å². The quantitative estimate of drug-likeness (QED) is 0.507. The smallest absolute Gasteiger partial charge is 0.316 e. The Morgan fingerprint density at radius 2 is 1.96 bits per heavy atom. The fourth-order valence-electron chi connectivity index (χ4n) is 1.87. The number of rotatable bonds is 4. The molecule has 0 aliphatic rings. The van der Waals surface area contributed by atoms with Crippen LogP contribution in [0.15, 0.2) is 40.3 Å². The first-order chi connectivity index (χ1) is 11.2. The molecule has 0 atom stereocenters. The van der Waals surface area contributed by atoms with Crippen molar-refractivity contribution in [3.8, 4) is 11.6 Å². The van der Waals surface area contributed by atoms with Gasteiger partial charge in [0.2, 0.25) is 5.88 Å². The summed E-state index contributed by atoms with van der Waals surface area (Å²) in [5.41, 5.74) is -0.528. The molecule has 0 radical (unpaired) electrons. The first-order valence-electron chi connectivity index (χ1n) is 7.09. The third-order valence-corrected chi connectivity index (χ3v) is 3.86. The predicted molar refractivity (Wildman–Crippen MR) is 93.1 cm³/mol. The van der Waals surface area contributed by atoms with Gasteiger partial charge in [-0.1, -0.05) is 23.4 Å². The van der Waals surface area contributed by atoms with Crippen molar-refractivity contribution in [3.63, 3.8) is 0 Å². The Hall–Kier alpha value is -1.99. The van der Waals surface area contributed by atoms with Gasteiger partial charge in [-0.15, -0.1) is 0 Å². The van der Waals surface area contributed by atoms with Gasteiger partial charge in [-0.2, -0.15) is 4.98 Å². The molecule has 1 aromatic heterocycles. The number of carbonyl (C=O) groups is 1. The summed E-state index contributed by atoms with van der Waals surface area (Å²) in [6.07, 6.45) is 0. The zero-order chi connectivity index (χ0) is 17.9. The lowest BCUT2D eigenvalue weighted by molar-refractivity contribution is -0.151. The van der Waals surface area contributed by atoms with E-state index in [9.17, 15) is 14.7 Å². The van der Waals surface area contributed by atoms with Crippen LogP contribution in [-0.4, -0.2) is 32.0 Å². The van der Waals surface area contributed by atoms with Crippen molar-refractivity contribution < 1.29 is 14.6 Å². The van der Waals surface area contributed by atoms with Gasteiger partial charge in [-0.3, -0.25) is 14.2 Å². The standard InChI is InChI=1S/C16H17ClN2O4S/c1-16(2,3)23-14(22)9-24-15-18-12(20)8-13(21)19(15)11-6-4-10(17)5-7-11/h4-8,20H,9H2,1-3H3. The maximum absolute atomic E-state index is 12.2. The summed E-state index contributed by atoms with van der Waals surface area (Å²) in [6, 6.07) is 7.59. The summed E-state index contributed by atoms with van der Waals surface area (Å²) < 4.78 is 6.52. The van der Waals surface area contributed by atoms with Gasteiger partial charge in [0, 0.05) is 5.02 Å². The maximum atomic E-state index is 12.2. The normalized spacial score (nSPS) is 11.3. The molecule has 0 saturated carbocycles. The van der Waals surface area contributed by atoms with Crippen LogP contribution in [-0.2, 0) is 9.53 Å². The van der Waals surface area contributed by atoms with Gasteiger partial charge in [0.1, 0.15) is 5.60 Å². The molecule has 0 spiro atoms. The van der Waals surface area contributed by atoms with Gasteiger partial charge >= 0.3 is 5.97 Å². The zero-order valence-electron chi connectivity index (χ0n) is 13.4. The van der Waals surface area contributed by atoms with E-state index in [1.54, 1.807) is 45.0 Å². The molecule has 0 saturated heterocycles. The van der Waals surface area contributed by atoms with Gasteiger partial charge in [-0.05, 0) is 45.0 Å². The number of carbonyl (C=O) groups excluding carboxylic acids is 1. The molecule has 1 aromatic carbocycles. The minimum Gasteiger partial charge on any atom is -0.493 e. The number of hydrogen-bond donors (Lipinski definition) is 1. The van der Waals surface area contributed by atoms with Gasteiger partial charge in [-0.25, -0.2) is 0 Å². The fourth-order valence-corrected chi connectivity index (χ4v) is 2.78. The van der Waals surface area contributed by atoms with E-state index >= 15 is 0 Å². The highest BCUT2D eigenvalue weighted by molar-refractivity contribution is 7.99. The van der Waals surface area contributed by atoms with Gasteiger partial charge in [0.25, 0.3) is 5.56 Å². The van der Waals surface area contributed by atoms with Crippen LogP contribution < -0.4 is 5.56 Å². The Labute approximate surface area is 148 Å². The second kappa shape index (κ2) is 7.27. The molecule has 0 amide bonds. The van der Waals surface area contributed by atoms with Crippen LogP contribution in [0.5, 0.6) is 5.88 Å². The highest BCUT2D eigenvalue weighted by atomic mass is 35.5. The topological polar surface area (TPSA) is 81.4 Å². The number of esters is 1. The van der Waals surface area contributed by atoms with E-state index in [-0.39, 0.29) is 10.9 Å². The van der Waals surface area contributed by atoms with Crippen molar-refractivity contribution in [2.24, 2.45) is 0 Å². The Morgan fingerprint density at radius 1 is 1.33 bits per heavy atom. The largest absolute Gasteiger partial charge is 0.493 e. The van der Waals surface area contributed by atoms with Crippen LogP contribution in [0.4, 0.5) is 0 Å². The van der Waals surface area contributed by atoms with Crippen LogP contribution in [0.1, 0.15) is 20.8 Å². The van der Waals surface area contributed by atoms with E-state index in [1.807, 2.05) is 0 Å². The SMILES string of the molecule is CC(C)(C)OC(=O)CSc1nc(O)cc(=O)n1-c1ccc(Cl)cc1. The van der Waals surface area contributed by atoms with Crippen molar-refractivity contribution >= 4 is 29.3 Å². The van der Waals surface area contributed by atoms with Gasteiger partial charge < -0.3 is 9.84 Å². The maximum Gasteiger partial charge on any atom is 0.316 e. The highest BCUT2D eigenvalue weighted by Crippen LogP contribution is 2.22. The molecule has 0 unspecified atom stereocenters. The predicted octanol–water partition coefficient (Wildman–Crippen LogP) is 3.03. The summed E-state index contributed by atoms with van der Waals surface area (Å²) in [5, 5.41) is 10.3. The molecule has 2 rings (SSSR count). The van der Waals surface area contributed by atoms with Crippen LogP contribution in [0.2, 0.25) is 5.02 Å². The molecule has 128 valence electrons. The second-order valence-electron chi connectivity index (χ2n) is 5.92. The number of nitrogens with zero attached hydrogens (tertiary/aromatic N) is 2. The lowest BCUT2D eigenvalue weighted by Crippen LogP contribution is -2.25. The number of aromatic hydroxyl groups is 1. The molecule has 1 heterocycles. The molecular formula is C16H17ClN2O4S. The van der Waals surface area contributed by atoms with Crippen molar-refractivity contribution in [2.45, 2.75) is 31.5 Å². The first kappa shape index (κ1) is 18.4. The second-order valence-corrected chi connectivity index (χ2v) is 7.30. The molecule has 0 aliphatic carbocycles. The molecule has 0 aliphatic heterocycles. The summed E-state index contributed by atoms with van der Waals surface area (Å²) in [7, 11) is 0. The van der Waals surface area contributed by atoms with Crippen molar-refractivity contribution in [1.82, 2.24) is 9.55 Å². The van der Waals surface area contributed by atoms with Crippen LogP contribution in [0.3, 0.4) is 0 Å². The van der Waals surface area contributed by atoms with Crippen molar-refractivity contribution in [1.29, 1.82) is 0 Å². The minimum absolute atomic E-state index is 0.0409. The summed E-state index contributed by atoms with van der Waals surface area (Å²) in [5.74, 6) is -0.884. The van der Waals surface area contributed by atoms with E-state index in [2.05, 4.69) is 4.98 Å². The van der Waals surface area contributed by atoms with E-state index in [0.29, 0.717) is 10.7 Å². The van der Waals surface area contributed by atoms with E-state index in [1.165, 1.54) is 4.57 Å². The van der Waals surface area contributed by atoms with E-state index in [4.69, 9.17) is 16.3 Å². The number of hydrogen-bond acceptors (Lipinski definition) is 6. The molecule has 0 fully saturated rings. The summed E-state index contributed by atoms with van der Waals surface area (Å²) >= 11 is 6.87. The van der Waals surface area contributed by atoms with Crippen LogP contribution in [0, 0.1) is 0 Å². The minimum atomic E-state index is -0.597. The Bertz CT molecular complexity index is 797. The first-order valence-corrected chi connectivity index (χ1v) is 8.46. The number of thioether (sulfide) groups is 1. The molecule has 24 heavy (non-hydrogen) atoms. The Morgan fingerprint density at radius 3 is 2.54 bits per heavy atom. The molecule has 1 N–H and O–H groups in total. The molecular weight excluding hydrogens is 352 g/mol. The van der Waals surface area contributed by atoms with Crippen LogP contribution in [0.25, 0.3) is 5.69 Å². The molecule has 8 heteroatoms. The number of ether oxygens (including phenoxy) is 1. The van der Waals surface area contributed by atoms with Crippen LogP contribution >= 0.6 is 23.4 Å². The fraction of sp³-hybridized carbons (Fsp3) is 0.312. The monoisotopic (exact) mass is 368 g/mol. The molecule has 6 nitrogen and oxygen atoms in total.